The van der Waals surface area contributed by atoms with Crippen LogP contribution in [0.4, 0.5) is 5.69 Å². The van der Waals surface area contributed by atoms with Gasteiger partial charge in [0.05, 0.1) is 17.2 Å². The van der Waals surface area contributed by atoms with Gasteiger partial charge in [0.2, 0.25) is 5.91 Å². The highest BCUT2D eigenvalue weighted by atomic mass is 35.5. The molecule has 122 valence electrons. The summed E-state index contributed by atoms with van der Waals surface area (Å²) >= 11 is 12.0. The van der Waals surface area contributed by atoms with Crippen molar-refractivity contribution in [3.63, 3.8) is 0 Å². The van der Waals surface area contributed by atoms with Crippen LogP contribution in [0.2, 0.25) is 10.0 Å². The number of aromatic nitrogens is 2. The summed E-state index contributed by atoms with van der Waals surface area (Å²) in [5.41, 5.74) is 1.59. The first-order chi connectivity index (χ1) is 11.5. The van der Waals surface area contributed by atoms with Gasteiger partial charge in [0, 0.05) is 15.7 Å². The van der Waals surface area contributed by atoms with Crippen LogP contribution < -0.4 is 10.9 Å². The Morgan fingerprint density at radius 3 is 2.83 bits per heavy atom. The average molecular weight is 362 g/mol. The van der Waals surface area contributed by atoms with E-state index in [4.69, 9.17) is 23.2 Å². The van der Waals surface area contributed by atoms with Gasteiger partial charge < -0.3 is 5.32 Å². The second kappa shape index (κ2) is 6.63. The molecule has 0 fully saturated rings. The molecule has 0 unspecified atom stereocenters. The third kappa shape index (κ3) is 3.27. The molecule has 0 bridgehead atoms. The van der Waals surface area contributed by atoms with E-state index in [1.54, 1.807) is 36.4 Å². The summed E-state index contributed by atoms with van der Waals surface area (Å²) in [6.07, 6.45) is 1.35. The Morgan fingerprint density at radius 1 is 1.25 bits per heavy atom. The molecule has 1 amide bonds. The molecule has 1 heterocycles. The quantitative estimate of drug-likeness (QED) is 0.774. The number of nitrogens with one attached hydrogen (secondary N) is 1. The Bertz CT molecular complexity index is 999. The fraction of sp³-hybridized carbons (Fsp3) is 0.118. The first-order valence-corrected chi connectivity index (χ1v) is 7.91. The monoisotopic (exact) mass is 361 g/mol. The molecule has 0 saturated heterocycles. The molecule has 0 saturated carbocycles. The third-order valence-electron chi connectivity index (χ3n) is 3.64. The molecule has 24 heavy (non-hydrogen) atoms. The number of hydrogen-bond acceptors (Lipinski definition) is 3. The Kier molecular flexibility index (Phi) is 4.55. The fourth-order valence-corrected chi connectivity index (χ4v) is 2.68. The highest BCUT2D eigenvalue weighted by Gasteiger charge is 2.10. The van der Waals surface area contributed by atoms with Gasteiger partial charge in [-0.25, -0.2) is 4.98 Å². The number of halogens is 2. The van der Waals surface area contributed by atoms with Gasteiger partial charge in [-0.15, -0.1) is 0 Å². The Hall–Kier alpha value is -2.37. The van der Waals surface area contributed by atoms with Crippen LogP contribution in [-0.2, 0) is 11.3 Å². The minimum Gasteiger partial charge on any atom is -0.324 e. The molecule has 3 aromatic rings. The molecule has 0 aliphatic rings. The van der Waals surface area contributed by atoms with Crippen LogP contribution in [0, 0.1) is 6.92 Å². The maximum atomic E-state index is 12.5. The van der Waals surface area contributed by atoms with E-state index in [2.05, 4.69) is 10.3 Å². The van der Waals surface area contributed by atoms with Gasteiger partial charge >= 0.3 is 0 Å². The van der Waals surface area contributed by atoms with Gasteiger partial charge in [-0.2, -0.15) is 0 Å². The van der Waals surface area contributed by atoms with E-state index in [-0.39, 0.29) is 18.0 Å². The van der Waals surface area contributed by atoms with Crippen LogP contribution in [0.3, 0.4) is 0 Å². The predicted molar refractivity (Wildman–Crippen MR) is 95.8 cm³/mol. The molecule has 0 radical (unpaired) electrons. The summed E-state index contributed by atoms with van der Waals surface area (Å²) < 4.78 is 1.24. The molecular formula is C17H13Cl2N3O2. The lowest BCUT2D eigenvalue weighted by Crippen LogP contribution is -2.28. The van der Waals surface area contributed by atoms with Crippen LogP contribution in [0.25, 0.3) is 10.9 Å². The zero-order chi connectivity index (χ0) is 17.3. The van der Waals surface area contributed by atoms with E-state index in [0.29, 0.717) is 26.6 Å². The molecule has 5 nitrogen and oxygen atoms in total. The molecular weight excluding hydrogens is 349 g/mol. The zero-order valence-electron chi connectivity index (χ0n) is 12.7. The topological polar surface area (TPSA) is 64.0 Å². The Balaban J connectivity index is 1.87. The second-order valence-corrected chi connectivity index (χ2v) is 6.14. The average Bonchev–Trinajstić information content (AvgIpc) is 2.55. The summed E-state index contributed by atoms with van der Waals surface area (Å²) in [6.45, 7) is 1.66. The number of hydrogen-bond donors (Lipinski definition) is 1. The van der Waals surface area contributed by atoms with Crippen LogP contribution in [0.1, 0.15) is 5.56 Å². The highest BCUT2D eigenvalue weighted by Crippen LogP contribution is 2.22. The van der Waals surface area contributed by atoms with Gasteiger partial charge in [-0.05, 0) is 42.8 Å². The van der Waals surface area contributed by atoms with Crippen molar-refractivity contribution < 1.29 is 4.79 Å². The number of carbonyl (C=O) groups excluding carboxylic acids is 1. The van der Waals surface area contributed by atoms with E-state index < -0.39 is 0 Å². The number of carbonyl (C=O) groups is 1. The first-order valence-electron chi connectivity index (χ1n) is 7.15. The highest BCUT2D eigenvalue weighted by molar-refractivity contribution is 6.32. The number of rotatable bonds is 3. The van der Waals surface area contributed by atoms with Crippen LogP contribution in [0.5, 0.6) is 0 Å². The molecule has 0 aliphatic heterocycles. The third-order valence-corrected chi connectivity index (χ3v) is 4.29. The van der Waals surface area contributed by atoms with Gasteiger partial charge in [0.15, 0.2) is 0 Å². The van der Waals surface area contributed by atoms with Crippen molar-refractivity contribution in [1.82, 2.24) is 9.55 Å². The number of nitrogens with zero attached hydrogens (tertiary/aromatic N) is 2. The lowest BCUT2D eigenvalue weighted by Gasteiger charge is -2.11. The normalized spacial score (nSPS) is 10.8. The van der Waals surface area contributed by atoms with Crippen LogP contribution >= 0.6 is 23.2 Å². The SMILES string of the molecule is Cc1c(Cl)cccc1NC(=O)Cn1cnc2ccc(Cl)cc2c1=O. The maximum absolute atomic E-state index is 12.5. The molecule has 0 aliphatic carbocycles. The fourth-order valence-electron chi connectivity index (χ4n) is 2.33. The molecule has 2 aromatic carbocycles. The second-order valence-electron chi connectivity index (χ2n) is 5.30. The largest absolute Gasteiger partial charge is 0.324 e. The van der Waals surface area contributed by atoms with E-state index in [1.807, 2.05) is 6.92 Å². The van der Waals surface area contributed by atoms with Crippen molar-refractivity contribution in [3.8, 4) is 0 Å². The smallest absolute Gasteiger partial charge is 0.261 e. The Labute approximate surface area is 147 Å². The van der Waals surface area contributed by atoms with Crippen molar-refractivity contribution in [1.29, 1.82) is 0 Å². The number of amides is 1. The van der Waals surface area contributed by atoms with Gasteiger partial charge in [0.1, 0.15) is 6.54 Å². The summed E-state index contributed by atoms with van der Waals surface area (Å²) in [5, 5.41) is 4.13. The minimum absolute atomic E-state index is 0.153. The molecule has 0 spiro atoms. The first kappa shape index (κ1) is 16.5. The molecule has 0 atom stereocenters. The minimum atomic E-state index is -0.342. The predicted octanol–water partition coefficient (Wildman–Crippen LogP) is 3.65. The van der Waals surface area contributed by atoms with E-state index in [1.165, 1.54) is 10.9 Å². The maximum Gasteiger partial charge on any atom is 0.261 e. The molecule has 1 aromatic heterocycles. The summed E-state index contributed by atoms with van der Waals surface area (Å²) in [7, 11) is 0. The lowest BCUT2D eigenvalue weighted by molar-refractivity contribution is -0.116. The van der Waals surface area contributed by atoms with Crippen LogP contribution in [-0.4, -0.2) is 15.5 Å². The van der Waals surface area contributed by atoms with Crippen LogP contribution in [0.15, 0.2) is 47.5 Å². The van der Waals surface area contributed by atoms with E-state index >= 15 is 0 Å². The zero-order valence-corrected chi connectivity index (χ0v) is 14.2. The molecule has 3 rings (SSSR count). The van der Waals surface area contributed by atoms with Gasteiger partial charge in [-0.3, -0.25) is 14.2 Å². The number of fused-ring (bicyclic) bond motifs is 1. The molecule has 7 heteroatoms. The Morgan fingerprint density at radius 2 is 2.04 bits per heavy atom. The number of anilines is 1. The van der Waals surface area contributed by atoms with Gasteiger partial charge in [0.25, 0.3) is 5.56 Å². The number of benzene rings is 2. The van der Waals surface area contributed by atoms with Gasteiger partial charge in [-0.1, -0.05) is 29.3 Å². The van der Waals surface area contributed by atoms with Crippen molar-refractivity contribution in [2.24, 2.45) is 0 Å². The molecule has 1 N–H and O–H groups in total. The van der Waals surface area contributed by atoms with Crippen molar-refractivity contribution in [2.75, 3.05) is 5.32 Å². The summed E-state index contributed by atoms with van der Waals surface area (Å²) in [5.74, 6) is -0.342. The lowest BCUT2D eigenvalue weighted by atomic mass is 10.2. The standard InChI is InChI=1S/C17H13Cl2N3O2/c1-10-13(19)3-2-4-14(10)21-16(23)8-22-9-20-15-6-5-11(18)7-12(15)17(22)24/h2-7,9H,8H2,1H3,(H,21,23). The van der Waals surface area contributed by atoms with Crippen molar-refractivity contribution >= 4 is 45.7 Å². The van der Waals surface area contributed by atoms with E-state index in [9.17, 15) is 9.59 Å². The van der Waals surface area contributed by atoms with Crippen molar-refractivity contribution in [2.45, 2.75) is 13.5 Å². The van der Waals surface area contributed by atoms with Crippen molar-refractivity contribution in [3.05, 3.63) is 68.7 Å². The van der Waals surface area contributed by atoms with E-state index in [0.717, 1.165) is 5.56 Å². The summed E-state index contributed by atoms with van der Waals surface area (Å²) in [4.78, 5) is 28.9. The summed E-state index contributed by atoms with van der Waals surface area (Å²) in [6, 6.07) is 10.1.